The molecule has 0 aliphatic carbocycles. The first-order valence-corrected chi connectivity index (χ1v) is 6.12. The zero-order valence-corrected chi connectivity index (χ0v) is 10.3. The van der Waals surface area contributed by atoms with Gasteiger partial charge in [0.2, 0.25) is 0 Å². The molecule has 0 fully saturated rings. The molecule has 0 bridgehead atoms. The first-order valence-electron chi connectivity index (χ1n) is 5.24. The summed E-state index contributed by atoms with van der Waals surface area (Å²) in [6.45, 7) is 3.99. The van der Waals surface area contributed by atoms with Crippen molar-refractivity contribution in [3.05, 3.63) is 45.7 Å². The predicted octanol–water partition coefficient (Wildman–Crippen LogP) is 2.40. The maximum absolute atomic E-state index is 6.14. The molecule has 0 saturated heterocycles. The van der Waals surface area contributed by atoms with Gasteiger partial charge in [-0.05, 0) is 31.5 Å². The second-order valence-corrected chi connectivity index (χ2v) is 4.96. The quantitative estimate of drug-likeness (QED) is 0.885. The number of rotatable bonds is 3. The maximum Gasteiger partial charge on any atom is 0.0897 e. The van der Waals surface area contributed by atoms with Crippen LogP contribution in [0.1, 0.15) is 28.0 Å². The van der Waals surface area contributed by atoms with Crippen LogP contribution in [0.2, 0.25) is 0 Å². The molecule has 2 aromatic heterocycles. The third-order valence-corrected chi connectivity index (χ3v) is 3.27. The fourth-order valence-corrected chi connectivity index (χ4v) is 2.27. The van der Waals surface area contributed by atoms with Crippen LogP contribution in [0.25, 0.3) is 0 Å². The monoisotopic (exact) mass is 233 g/mol. The molecule has 16 heavy (non-hydrogen) atoms. The van der Waals surface area contributed by atoms with Gasteiger partial charge < -0.3 is 5.73 Å². The van der Waals surface area contributed by atoms with Gasteiger partial charge in [0, 0.05) is 29.7 Å². The summed E-state index contributed by atoms with van der Waals surface area (Å²) < 4.78 is 0. The Balaban J connectivity index is 2.11. The molecule has 0 aromatic carbocycles. The van der Waals surface area contributed by atoms with E-state index in [-0.39, 0.29) is 6.04 Å². The summed E-state index contributed by atoms with van der Waals surface area (Å²) in [6, 6.07) is 4.00. The summed E-state index contributed by atoms with van der Waals surface area (Å²) in [6.07, 6.45) is 2.59. The molecule has 1 atom stereocenters. The van der Waals surface area contributed by atoms with Crippen LogP contribution < -0.4 is 5.73 Å². The number of nitrogens with two attached hydrogens (primary N) is 1. The largest absolute Gasteiger partial charge is 0.324 e. The highest BCUT2D eigenvalue weighted by atomic mass is 32.1. The van der Waals surface area contributed by atoms with E-state index in [1.807, 2.05) is 26.0 Å². The average molecular weight is 233 g/mol. The lowest BCUT2D eigenvalue weighted by Crippen LogP contribution is -2.13. The minimum atomic E-state index is 0.00296. The molecule has 2 aromatic rings. The summed E-state index contributed by atoms with van der Waals surface area (Å²) in [5.74, 6) is 0. The topological polar surface area (TPSA) is 51.8 Å². The molecule has 0 saturated carbocycles. The summed E-state index contributed by atoms with van der Waals surface area (Å²) in [7, 11) is 0. The predicted molar refractivity (Wildman–Crippen MR) is 66.5 cm³/mol. The van der Waals surface area contributed by atoms with Gasteiger partial charge in [0.05, 0.1) is 10.7 Å². The normalized spacial score (nSPS) is 12.7. The molecule has 0 amide bonds. The summed E-state index contributed by atoms with van der Waals surface area (Å²) in [5, 5.41) is 3.16. The van der Waals surface area contributed by atoms with Crippen LogP contribution in [0, 0.1) is 13.8 Å². The molecule has 3 nitrogen and oxygen atoms in total. The van der Waals surface area contributed by atoms with Crippen molar-refractivity contribution in [2.24, 2.45) is 5.73 Å². The van der Waals surface area contributed by atoms with Crippen LogP contribution in [0.15, 0.2) is 23.7 Å². The van der Waals surface area contributed by atoms with Crippen molar-refractivity contribution in [2.75, 3.05) is 0 Å². The molecule has 84 valence electrons. The molecule has 0 radical (unpaired) electrons. The van der Waals surface area contributed by atoms with Crippen molar-refractivity contribution in [2.45, 2.75) is 26.3 Å². The summed E-state index contributed by atoms with van der Waals surface area (Å²) >= 11 is 1.67. The van der Waals surface area contributed by atoms with E-state index in [2.05, 4.69) is 15.3 Å². The third kappa shape index (κ3) is 2.65. The molecular formula is C12H15N3S. The lowest BCUT2D eigenvalue weighted by Gasteiger charge is -2.10. The Morgan fingerprint density at radius 2 is 2.25 bits per heavy atom. The van der Waals surface area contributed by atoms with Gasteiger partial charge in [0.15, 0.2) is 0 Å². The van der Waals surface area contributed by atoms with E-state index in [1.54, 1.807) is 17.5 Å². The van der Waals surface area contributed by atoms with Crippen molar-refractivity contribution in [1.82, 2.24) is 9.97 Å². The van der Waals surface area contributed by atoms with Gasteiger partial charge in [-0.3, -0.25) is 4.98 Å². The van der Waals surface area contributed by atoms with Crippen molar-refractivity contribution >= 4 is 11.3 Å². The van der Waals surface area contributed by atoms with E-state index >= 15 is 0 Å². The first-order chi connectivity index (χ1) is 7.65. The zero-order chi connectivity index (χ0) is 11.5. The van der Waals surface area contributed by atoms with Crippen molar-refractivity contribution in [1.29, 1.82) is 0 Å². The number of aromatic nitrogens is 2. The fraction of sp³-hybridized carbons (Fsp3) is 0.333. The molecule has 2 N–H and O–H groups in total. The number of aryl methyl sites for hydroxylation is 2. The van der Waals surface area contributed by atoms with E-state index in [4.69, 9.17) is 5.73 Å². The van der Waals surface area contributed by atoms with Crippen LogP contribution in [-0.2, 0) is 6.42 Å². The minimum Gasteiger partial charge on any atom is -0.324 e. The molecule has 2 rings (SSSR count). The highest BCUT2D eigenvalue weighted by molar-refractivity contribution is 7.09. The van der Waals surface area contributed by atoms with Crippen molar-refractivity contribution in [3.8, 4) is 0 Å². The lowest BCUT2D eigenvalue weighted by atomic mass is 10.0. The van der Waals surface area contributed by atoms with Crippen molar-refractivity contribution in [3.63, 3.8) is 0 Å². The van der Waals surface area contributed by atoms with Gasteiger partial charge in [-0.2, -0.15) is 0 Å². The maximum atomic E-state index is 6.14. The smallest absolute Gasteiger partial charge is 0.0897 e. The molecule has 4 heteroatoms. The number of hydrogen-bond donors (Lipinski definition) is 1. The fourth-order valence-electron chi connectivity index (χ4n) is 1.64. The first kappa shape index (κ1) is 11.2. The van der Waals surface area contributed by atoms with Gasteiger partial charge in [-0.1, -0.05) is 0 Å². The molecule has 0 spiro atoms. The average Bonchev–Trinajstić information content (AvgIpc) is 2.64. The van der Waals surface area contributed by atoms with Crippen LogP contribution >= 0.6 is 11.3 Å². The van der Waals surface area contributed by atoms with Crippen LogP contribution in [0.5, 0.6) is 0 Å². The van der Waals surface area contributed by atoms with Crippen LogP contribution in [-0.4, -0.2) is 9.97 Å². The Bertz CT molecular complexity index is 479. The SMILES string of the molecule is Cc1cc(C(N)Cc2csc(C)n2)ccn1. The molecular weight excluding hydrogens is 218 g/mol. The second kappa shape index (κ2) is 4.72. The second-order valence-electron chi connectivity index (χ2n) is 3.90. The van der Waals surface area contributed by atoms with Gasteiger partial charge in [0.25, 0.3) is 0 Å². The lowest BCUT2D eigenvalue weighted by molar-refractivity contribution is 0.706. The highest BCUT2D eigenvalue weighted by Gasteiger charge is 2.09. The molecule has 1 unspecified atom stereocenters. The van der Waals surface area contributed by atoms with Gasteiger partial charge in [-0.25, -0.2) is 4.98 Å². The van der Waals surface area contributed by atoms with E-state index < -0.39 is 0 Å². The number of thiazole rings is 1. The standard InChI is InChI=1S/C12H15N3S/c1-8-5-10(3-4-14-8)12(13)6-11-7-16-9(2)15-11/h3-5,7,12H,6,13H2,1-2H3. The molecule has 2 heterocycles. The Labute approximate surface area is 99.4 Å². The van der Waals surface area contributed by atoms with Gasteiger partial charge in [-0.15, -0.1) is 11.3 Å². The van der Waals surface area contributed by atoms with Gasteiger partial charge >= 0.3 is 0 Å². The molecule has 0 aliphatic heterocycles. The van der Waals surface area contributed by atoms with Crippen molar-refractivity contribution < 1.29 is 0 Å². The van der Waals surface area contributed by atoms with E-state index in [9.17, 15) is 0 Å². The van der Waals surface area contributed by atoms with E-state index in [0.717, 1.165) is 28.4 Å². The summed E-state index contributed by atoms with van der Waals surface area (Å²) in [4.78, 5) is 8.59. The van der Waals surface area contributed by atoms with Gasteiger partial charge in [0.1, 0.15) is 0 Å². The summed E-state index contributed by atoms with van der Waals surface area (Å²) in [5.41, 5.74) is 9.34. The highest BCUT2D eigenvalue weighted by Crippen LogP contribution is 2.17. The number of hydrogen-bond acceptors (Lipinski definition) is 4. The zero-order valence-electron chi connectivity index (χ0n) is 9.47. The molecule has 0 aliphatic rings. The Hall–Kier alpha value is -1.26. The van der Waals surface area contributed by atoms with Crippen LogP contribution in [0.4, 0.5) is 0 Å². The van der Waals surface area contributed by atoms with E-state index in [0.29, 0.717) is 0 Å². The third-order valence-electron chi connectivity index (χ3n) is 2.44. The number of nitrogens with zero attached hydrogens (tertiary/aromatic N) is 2. The Morgan fingerprint density at radius 3 is 2.88 bits per heavy atom. The Morgan fingerprint density at radius 1 is 1.44 bits per heavy atom. The van der Waals surface area contributed by atoms with E-state index in [1.165, 1.54) is 0 Å². The minimum absolute atomic E-state index is 0.00296. The van der Waals surface area contributed by atoms with Crippen LogP contribution in [0.3, 0.4) is 0 Å². The Kier molecular flexibility index (Phi) is 3.31. The number of pyridine rings is 1.